The van der Waals surface area contributed by atoms with Gasteiger partial charge in [-0.2, -0.15) is 0 Å². The summed E-state index contributed by atoms with van der Waals surface area (Å²) in [5.74, 6) is -1.16. The highest BCUT2D eigenvalue weighted by Gasteiger charge is 2.21. The van der Waals surface area contributed by atoms with Gasteiger partial charge in [0.2, 0.25) is 0 Å². The molecule has 0 saturated carbocycles. The van der Waals surface area contributed by atoms with E-state index in [0.29, 0.717) is 6.42 Å². The smallest absolute Gasteiger partial charge is 0.342 e. The maximum absolute atomic E-state index is 12.3. The van der Waals surface area contributed by atoms with Crippen molar-refractivity contribution in [2.75, 3.05) is 18.4 Å². The standard InChI is InChI=1S/C16H17Cl2NO6S2/c1-3-10(24-2)8-25-16(21)11-5-4-9(6-13(11)20)19-27(22,23)14-7-12(17)15(18)26-14/h4-7,10,19-20H,3,8H2,1-2H3. The van der Waals surface area contributed by atoms with E-state index in [1.165, 1.54) is 25.3 Å². The van der Waals surface area contributed by atoms with Crippen LogP contribution in [0.2, 0.25) is 9.36 Å². The number of esters is 1. The first-order chi connectivity index (χ1) is 12.7. The molecule has 0 aliphatic carbocycles. The molecule has 0 spiro atoms. The number of anilines is 1. The van der Waals surface area contributed by atoms with Gasteiger partial charge in [0.05, 0.1) is 16.8 Å². The van der Waals surface area contributed by atoms with E-state index < -0.39 is 21.7 Å². The van der Waals surface area contributed by atoms with Crippen molar-refractivity contribution in [1.82, 2.24) is 0 Å². The second-order valence-electron chi connectivity index (χ2n) is 5.39. The number of aromatic hydroxyl groups is 1. The van der Waals surface area contributed by atoms with Crippen LogP contribution in [0.4, 0.5) is 5.69 Å². The molecule has 0 radical (unpaired) electrons. The van der Waals surface area contributed by atoms with Gasteiger partial charge in [-0.15, -0.1) is 11.3 Å². The molecule has 0 aliphatic heterocycles. The van der Waals surface area contributed by atoms with E-state index >= 15 is 0 Å². The molecule has 1 aromatic carbocycles. The van der Waals surface area contributed by atoms with Gasteiger partial charge in [0.15, 0.2) is 0 Å². The molecule has 0 aliphatic rings. The number of ether oxygens (including phenoxy) is 2. The molecule has 1 heterocycles. The molecule has 0 fully saturated rings. The normalized spacial score (nSPS) is 12.6. The highest BCUT2D eigenvalue weighted by atomic mass is 35.5. The van der Waals surface area contributed by atoms with Crippen LogP contribution in [0.15, 0.2) is 28.5 Å². The van der Waals surface area contributed by atoms with Gasteiger partial charge < -0.3 is 14.6 Å². The average Bonchev–Trinajstić information content (AvgIpc) is 2.95. The van der Waals surface area contributed by atoms with Gasteiger partial charge in [-0.3, -0.25) is 4.72 Å². The summed E-state index contributed by atoms with van der Waals surface area (Å²) in [6.45, 7) is 1.92. The SMILES string of the molecule is CCC(COC(=O)c1ccc(NS(=O)(=O)c2cc(Cl)c(Cl)s2)cc1O)OC. The van der Waals surface area contributed by atoms with Gasteiger partial charge in [-0.05, 0) is 24.6 Å². The Labute approximate surface area is 170 Å². The number of carbonyl (C=O) groups is 1. The Morgan fingerprint density at radius 2 is 2.04 bits per heavy atom. The number of phenols is 1. The number of sulfonamides is 1. The van der Waals surface area contributed by atoms with Gasteiger partial charge in [0.1, 0.15) is 26.5 Å². The number of methoxy groups -OCH3 is 1. The van der Waals surface area contributed by atoms with Gasteiger partial charge in [-0.25, -0.2) is 13.2 Å². The minimum absolute atomic E-state index is 0.0412. The van der Waals surface area contributed by atoms with Crippen LogP contribution in [0.25, 0.3) is 0 Å². The van der Waals surface area contributed by atoms with E-state index in [9.17, 15) is 18.3 Å². The maximum atomic E-state index is 12.3. The van der Waals surface area contributed by atoms with Crippen LogP contribution in [0.1, 0.15) is 23.7 Å². The molecular weight excluding hydrogens is 437 g/mol. The third-order valence-electron chi connectivity index (χ3n) is 3.55. The number of hydrogen-bond acceptors (Lipinski definition) is 7. The Hall–Kier alpha value is -1.52. The number of hydrogen-bond donors (Lipinski definition) is 2. The topological polar surface area (TPSA) is 102 Å². The highest BCUT2D eigenvalue weighted by molar-refractivity contribution is 7.94. The summed E-state index contributed by atoms with van der Waals surface area (Å²) in [5.41, 5.74) is -0.0286. The van der Waals surface area contributed by atoms with Crippen molar-refractivity contribution in [3.8, 4) is 5.75 Å². The zero-order valence-electron chi connectivity index (χ0n) is 14.4. The average molecular weight is 454 g/mol. The van der Waals surface area contributed by atoms with Crippen LogP contribution in [0.3, 0.4) is 0 Å². The lowest BCUT2D eigenvalue weighted by molar-refractivity contribution is 0.00952. The van der Waals surface area contributed by atoms with Crippen molar-refractivity contribution >= 4 is 56.2 Å². The predicted molar refractivity (Wildman–Crippen MR) is 105 cm³/mol. The molecule has 1 unspecified atom stereocenters. The summed E-state index contributed by atoms with van der Waals surface area (Å²) in [7, 11) is -2.43. The molecule has 0 bridgehead atoms. The lowest BCUT2D eigenvalue weighted by Gasteiger charge is -2.14. The Morgan fingerprint density at radius 1 is 1.33 bits per heavy atom. The lowest BCUT2D eigenvalue weighted by atomic mass is 10.2. The minimum Gasteiger partial charge on any atom is -0.507 e. The molecule has 2 N–H and O–H groups in total. The maximum Gasteiger partial charge on any atom is 0.342 e. The molecule has 0 amide bonds. The van der Waals surface area contributed by atoms with Gasteiger partial charge in [0, 0.05) is 13.2 Å². The quantitative estimate of drug-likeness (QED) is 0.582. The summed E-state index contributed by atoms with van der Waals surface area (Å²) in [6, 6.07) is 4.93. The monoisotopic (exact) mass is 453 g/mol. The first-order valence-corrected chi connectivity index (χ1v) is 10.7. The molecule has 1 aromatic heterocycles. The third kappa shape index (κ3) is 5.49. The molecule has 2 aromatic rings. The van der Waals surface area contributed by atoms with Crippen molar-refractivity contribution < 1.29 is 27.8 Å². The van der Waals surface area contributed by atoms with Crippen LogP contribution in [-0.2, 0) is 19.5 Å². The molecule has 11 heteroatoms. The second kappa shape index (κ2) is 9.11. The number of thiophene rings is 1. The number of halogens is 2. The lowest BCUT2D eigenvalue weighted by Crippen LogP contribution is -2.20. The Kier molecular flexibility index (Phi) is 7.35. The van der Waals surface area contributed by atoms with E-state index in [4.69, 9.17) is 32.7 Å². The minimum atomic E-state index is -3.94. The number of rotatable bonds is 8. The number of phenolic OH excluding ortho intramolecular Hbond substituents is 1. The molecule has 0 saturated heterocycles. The van der Waals surface area contributed by atoms with Crippen molar-refractivity contribution in [1.29, 1.82) is 0 Å². The summed E-state index contributed by atoms with van der Waals surface area (Å²) < 4.78 is 37.2. The fourth-order valence-corrected chi connectivity index (χ4v) is 4.96. The summed E-state index contributed by atoms with van der Waals surface area (Å²) in [4.78, 5) is 12.1. The van der Waals surface area contributed by atoms with Gasteiger partial charge >= 0.3 is 5.97 Å². The molecule has 148 valence electrons. The van der Waals surface area contributed by atoms with E-state index in [1.807, 2.05) is 6.92 Å². The van der Waals surface area contributed by atoms with E-state index in [-0.39, 0.29) is 37.5 Å². The molecule has 27 heavy (non-hydrogen) atoms. The zero-order valence-corrected chi connectivity index (χ0v) is 17.5. The molecule has 7 nitrogen and oxygen atoms in total. The van der Waals surface area contributed by atoms with Crippen molar-refractivity contribution in [2.45, 2.75) is 23.7 Å². The largest absolute Gasteiger partial charge is 0.507 e. The van der Waals surface area contributed by atoms with E-state index in [0.717, 1.165) is 17.4 Å². The molecular formula is C16H17Cl2NO6S2. The van der Waals surface area contributed by atoms with Crippen molar-refractivity contribution in [3.05, 3.63) is 39.2 Å². The fourth-order valence-electron chi connectivity index (χ4n) is 2.03. The number of carbonyl (C=O) groups excluding carboxylic acids is 1. The van der Waals surface area contributed by atoms with Gasteiger partial charge in [0.25, 0.3) is 10.0 Å². The Balaban J connectivity index is 2.13. The summed E-state index contributed by atoms with van der Waals surface area (Å²) in [5, 5.41) is 10.2. The van der Waals surface area contributed by atoms with Crippen LogP contribution >= 0.6 is 34.5 Å². The van der Waals surface area contributed by atoms with E-state index in [2.05, 4.69) is 4.72 Å². The highest BCUT2D eigenvalue weighted by Crippen LogP contribution is 2.35. The first kappa shape index (κ1) is 21.8. The van der Waals surface area contributed by atoms with Gasteiger partial charge in [-0.1, -0.05) is 30.1 Å². The zero-order chi connectivity index (χ0) is 20.2. The molecule has 2 rings (SSSR count). The second-order valence-corrected chi connectivity index (χ2v) is 9.36. The van der Waals surface area contributed by atoms with Crippen LogP contribution < -0.4 is 4.72 Å². The third-order valence-corrected chi connectivity index (χ3v) is 7.27. The first-order valence-electron chi connectivity index (χ1n) is 7.68. The number of nitrogens with one attached hydrogen (secondary N) is 1. The van der Waals surface area contributed by atoms with E-state index in [1.54, 1.807) is 0 Å². The van der Waals surface area contributed by atoms with Crippen molar-refractivity contribution in [2.24, 2.45) is 0 Å². The summed E-state index contributed by atoms with van der Waals surface area (Å²) >= 11 is 12.4. The number of benzene rings is 1. The fraction of sp³-hybridized carbons (Fsp3) is 0.312. The molecule has 1 atom stereocenters. The summed E-state index contributed by atoms with van der Waals surface area (Å²) in [6.07, 6.45) is 0.416. The van der Waals surface area contributed by atoms with Crippen molar-refractivity contribution in [3.63, 3.8) is 0 Å². The van der Waals surface area contributed by atoms with Crippen LogP contribution in [-0.4, -0.2) is 39.3 Å². The predicted octanol–water partition coefficient (Wildman–Crippen LogP) is 4.14. The Bertz CT molecular complexity index is 905. The Morgan fingerprint density at radius 3 is 2.56 bits per heavy atom. The van der Waals surface area contributed by atoms with Crippen LogP contribution in [0.5, 0.6) is 5.75 Å². The van der Waals surface area contributed by atoms with Crippen LogP contribution in [0, 0.1) is 0 Å².